The molecule has 0 atom stereocenters. The first-order chi connectivity index (χ1) is 6.65. The Hall–Kier alpha value is -0.800. The van der Waals surface area contributed by atoms with E-state index in [2.05, 4.69) is 5.32 Å². The summed E-state index contributed by atoms with van der Waals surface area (Å²) in [6.45, 7) is 0.158. The molecule has 0 unspecified atom stereocenters. The zero-order valence-electron chi connectivity index (χ0n) is 7.03. The van der Waals surface area contributed by atoms with Crippen LogP contribution < -0.4 is 5.32 Å². The van der Waals surface area contributed by atoms with Gasteiger partial charge in [0.25, 0.3) is 0 Å². The van der Waals surface area contributed by atoms with Gasteiger partial charge in [0.15, 0.2) is 11.6 Å². The van der Waals surface area contributed by atoms with Gasteiger partial charge in [-0.3, -0.25) is 0 Å². The molecule has 0 aliphatic rings. The van der Waals surface area contributed by atoms with Crippen LogP contribution in [0.2, 0.25) is 0 Å². The molecule has 0 radical (unpaired) electrons. The summed E-state index contributed by atoms with van der Waals surface area (Å²) in [5, 5.41) is 2.92. The number of halogens is 4. The lowest BCUT2D eigenvalue weighted by molar-refractivity contribution is 0.511. The van der Waals surface area contributed by atoms with E-state index in [-0.39, 0.29) is 12.2 Å². The summed E-state index contributed by atoms with van der Waals surface area (Å²) < 4.78 is 25.7. The Morgan fingerprint density at radius 1 is 1.43 bits per heavy atom. The minimum Gasteiger partial charge on any atom is -0.378 e. The summed E-state index contributed by atoms with van der Waals surface area (Å²) in [5.74, 6) is -1.83. The highest BCUT2D eigenvalue weighted by Crippen LogP contribution is 2.17. The predicted octanol–water partition coefficient (Wildman–Crippen LogP) is 3.70. The Morgan fingerprint density at radius 3 is 2.79 bits per heavy atom. The first-order valence-electron chi connectivity index (χ1n) is 3.77. The van der Waals surface area contributed by atoms with Gasteiger partial charge >= 0.3 is 0 Å². The van der Waals surface area contributed by atoms with E-state index in [0.29, 0.717) is 5.03 Å². The van der Waals surface area contributed by atoms with Gasteiger partial charge in [0.05, 0.1) is 12.2 Å². The molecule has 76 valence electrons. The fraction of sp³-hybridized carbons (Fsp3) is 0.111. The lowest BCUT2D eigenvalue weighted by atomic mass is 10.3. The minimum atomic E-state index is -0.925. The van der Waals surface area contributed by atoms with Gasteiger partial charge < -0.3 is 5.32 Å². The molecular formula is C9H7Cl2F2N. The van der Waals surface area contributed by atoms with Crippen LogP contribution in [0.5, 0.6) is 0 Å². The van der Waals surface area contributed by atoms with Crippen molar-refractivity contribution in [1.82, 2.24) is 0 Å². The van der Waals surface area contributed by atoms with E-state index in [4.69, 9.17) is 23.2 Å². The van der Waals surface area contributed by atoms with Crippen molar-refractivity contribution in [3.05, 3.63) is 40.4 Å². The van der Waals surface area contributed by atoms with Crippen LogP contribution in [0.3, 0.4) is 0 Å². The summed E-state index contributed by atoms with van der Waals surface area (Å²) >= 11 is 10.8. The zero-order valence-corrected chi connectivity index (χ0v) is 8.54. The van der Waals surface area contributed by atoms with Crippen LogP contribution in [0.1, 0.15) is 0 Å². The SMILES string of the molecule is Fc1cccc(NCC(Cl)=CCl)c1F. The van der Waals surface area contributed by atoms with Crippen molar-refractivity contribution < 1.29 is 8.78 Å². The van der Waals surface area contributed by atoms with Crippen molar-refractivity contribution in [3.63, 3.8) is 0 Å². The van der Waals surface area contributed by atoms with Crippen molar-refractivity contribution in [1.29, 1.82) is 0 Å². The second kappa shape index (κ2) is 5.17. The van der Waals surface area contributed by atoms with Crippen LogP contribution in [-0.2, 0) is 0 Å². The van der Waals surface area contributed by atoms with Gasteiger partial charge in [0, 0.05) is 10.6 Å². The molecule has 0 aliphatic heterocycles. The Balaban J connectivity index is 2.73. The van der Waals surface area contributed by atoms with Crippen molar-refractivity contribution in [3.8, 4) is 0 Å². The normalized spacial score (nSPS) is 11.6. The standard InChI is InChI=1S/C9H7Cl2F2N/c10-4-6(11)5-14-8-3-1-2-7(12)9(8)13/h1-4,14H,5H2. The summed E-state index contributed by atoms with van der Waals surface area (Å²) in [6, 6.07) is 3.86. The lowest BCUT2D eigenvalue weighted by Crippen LogP contribution is -2.04. The fourth-order valence-corrected chi connectivity index (χ4v) is 1.00. The summed E-state index contributed by atoms with van der Waals surface area (Å²) in [7, 11) is 0. The molecule has 0 spiro atoms. The number of hydrogen-bond acceptors (Lipinski definition) is 1. The van der Waals surface area contributed by atoms with Gasteiger partial charge in [-0.25, -0.2) is 8.78 Å². The molecule has 0 heterocycles. The summed E-state index contributed by atoms with van der Waals surface area (Å²) in [5.41, 5.74) is 1.22. The molecule has 0 saturated carbocycles. The molecular weight excluding hydrogens is 231 g/mol. The average molecular weight is 238 g/mol. The van der Waals surface area contributed by atoms with Crippen LogP contribution in [0.4, 0.5) is 14.5 Å². The minimum absolute atomic E-state index is 0.0571. The van der Waals surface area contributed by atoms with Crippen LogP contribution in [0, 0.1) is 11.6 Å². The maximum Gasteiger partial charge on any atom is 0.181 e. The maximum absolute atomic E-state index is 13.0. The van der Waals surface area contributed by atoms with Crippen molar-refractivity contribution in [2.45, 2.75) is 0 Å². The van der Waals surface area contributed by atoms with E-state index in [1.165, 1.54) is 12.1 Å². The number of anilines is 1. The number of rotatable bonds is 3. The van der Waals surface area contributed by atoms with Gasteiger partial charge in [-0.05, 0) is 12.1 Å². The number of hydrogen-bond donors (Lipinski definition) is 1. The van der Waals surface area contributed by atoms with Gasteiger partial charge in [-0.1, -0.05) is 29.3 Å². The van der Waals surface area contributed by atoms with Gasteiger partial charge in [-0.2, -0.15) is 0 Å². The van der Waals surface area contributed by atoms with Crippen LogP contribution in [0.15, 0.2) is 28.8 Å². The van der Waals surface area contributed by atoms with E-state index >= 15 is 0 Å². The Bertz CT molecular complexity index is 353. The lowest BCUT2D eigenvalue weighted by Gasteiger charge is -2.06. The molecule has 1 nitrogen and oxygen atoms in total. The zero-order chi connectivity index (χ0) is 10.6. The molecule has 0 fully saturated rings. The first kappa shape index (κ1) is 11.3. The molecule has 14 heavy (non-hydrogen) atoms. The van der Waals surface area contributed by atoms with Gasteiger partial charge in [0.1, 0.15) is 0 Å². The number of benzene rings is 1. The summed E-state index contributed by atoms with van der Waals surface area (Å²) in [4.78, 5) is 0. The smallest absolute Gasteiger partial charge is 0.181 e. The van der Waals surface area contributed by atoms with Gasteiger partial charge in [-0.15, -0.1) is 0 Å². The Labute approximate surface area is 90.3 Å². The quantitative estimate of drug-likeness (QED) is 0.846. The van der Waals surface area contributed by atoms with E-state index in [9.17, 15) is 8.78 Å². The second-order valence-electron chi connectivity index (χ2n) is 2.51. The topological polar surface area (TPSA) is 12.0 Å². The number of nitrogens with one attached hydrogen (secondary N) is 1. The molecule has 1 aromatic carbocycles. The highest BCUT2D eigenvalue weighted by molar-refractivity contribution is 6.36. The molecule has 1 rings (SSSR count). The van der Waals surface area contributed by atoms with Crippen LogP contribution >= 0.6 is 23.2 Å². The monoisotopic (exact) mass is 237 g/mol. The van der Waals surface area contributed by atoms with E-state index in [1.807, 2.05) is 0 Å². The van der Waals surface area contributed by atoms with E-state index < -0.39 is 11.6 Å². The van der Waals surface area contributed by atoms with Crippen LogP contribution in [0.25, 0.3) is 0 Å². The predicted molar refractivity (Wildman–Crippen MR) is 54.6 cm³/mol. The third kappa shape index (κ3) is 2.86. The molecule has 0 aliphatic carbocycles. The molecule has 0 aromatic heterocycles. The van der Waals surface area contributed by atoms with E-state index in [0.717, 1.165) is 11.6 Å². The second-order valence-corrected chi connectivity index (χ2v) is 3.21. The van der Waals surface area contributed by atoms with Crippen molar-refractivity contribution in [2.75, 3.05) is 11.9 Å². The third-order valence-corrected chi connectivity index (χ3v) is 2.14. The molecule has 0 amide bonds. The van der Waals surface area contributed by atoms with E-state index in [1.54, 1.807) is 0 Å². The van der Waals surface area contributed by atoms with Crippen LogP contribution in [-0.4, -0.2) is 6.54 Å². The van der Waals surface area contributed by atoms with Crippen molar-refractivity contribution >= 4 is 28.9 Å². The van der Waals surface area contributed by atoms with Gasteiger partial charge in [0.2, 0.25) is 0 Å². The van der Waals surface area contributed by atoms with Crippen molar-refractivity contribution in [2.24, 2.45) is 0 Å². The Kier molecular flexibility index (Phi) is 4.17. The average Bonchev–Trinajstić information content (AvgIpc) is 2.20. The highest BCUT2D eigenvalue weighted by atomic mass is 35.5. The molecule has 0 bridgehead atoms. The Morgan fingerprint density at radius 2 is 2.14 bits per heavy atom. The third-order valence-electron chi connectivity index (χ3n) is 1.52. The molecule has 5 heteroatoms. The first-order valence-corrected chi connectivity index (χ1v) is 4.59. The fourth-order valence-electron chi connectivity index (χ4n) is 0.859. The largest absolute Gasteiger partial charge is 0.378 e. The maximum atomic E-state index is 13.0. The summed E-state index contributed by atoms with van der Waals surface area (Å²) in [6.07, 6.45) is 0. The molecule has 1 aromatic rings. The highest BCUT2D eigenvalue weighted by Gasteiger charge is 2.06. The molecule has 0 saturated heterocycles. The molecule has 1 N–H and O–H groups in total.